The molecule has 0 bridgehead atoms. The van der Waals surface area contributed by atoms with E-state index in [1.165, 1.54) is 4.88 Å². The topological polar surface area (TPSA) is 41.1 Å². The van der Waals surface area contributed by atoms with E-state index >= 15 is 0 Å². The average molecular weight is 210 g/mol. The van der Waals surface area contributed by atoms with Crippen LogP contribution in [0.25, 0.3) is 0 Å². The van der Waals surface area contributed by atoms with E-state index in [1.807, 2.05) is 6.07 Å². The Kier molecular flexibility index (Phi) is 3.21. The van der Waals surface area contributed by atoms with Gasteiger partial charge >= 0.3 is 6.03 Å². The molecule has 1 rings (SSSR count). The van der Waals surface area contributed by atoms with Crippen LogP contribution in [-0.4, -0.2) is 14.0 Å². The van der Waals surface area contributed by atoms with Crippen LogP contribution in [-0.2, 0) is 5.41 Å². The Balaban J connectivity index is 2.74. The molecule has 0 spiro atoms. The summed E-state index contributed by atoms with van der Waals surface area (Å²) in [6.07, 6.45) is 0. The van der Waals surface area contributed by atoms with Crippen molar-refractivity contribution in [2.24, 2.45) is 0 Å². The quantitative estimate of drug-likeness (QED) is 0.680. The van der Waals surface area contributed by atoms with Gasteiger partial charge in [0.15, 0.2) is 0 Å². The molecule has 2 N–H and O–H groups in total. The summed E-state index contributed by atoms with van der Waals surface area (Å²) in [4.78, 5) is 12.3. The maximum Gasteiger partial charge on any atom is 0.307 e. The molecule has 0 aromatic carbocycles. The number of rotatable bonds is 1. The second-order valence-electron chi connectivity index (χ2n) is 4.12. The fourth-order valence-corrected chi connectivity index (χ4v) is 1.94. The summed E-state index contributed by atoms with van der Waals surface area (Å²) in [7, 11) is 1.60. The van der Waals surface area contributed by atoms with Crippen molar-refractivity contribution in [1.29, 1.82) is 0 Å². The van der Waals surface area contributed by atoms with Gasteiger partial charge in [-0.25, -0.2) is 4.79 Å². The summed E-state index contributed by atoms with van der Waals surface area (Å²) < 4.78 is 0. The summed E-state index contributed by atoms with van der Waals surface area (Å²) in [6, 6.07) is 3.81. The Morgan fingerprint density at radius 1 is 1.43 bits per heavy atom. The van der Waals surface area contributed by atoms with Crippen LogP contribution in [0.3, 0.4) is 0 Å². The van der Waals surface area contributed by atoms with Crippen molar-refractivity contribution in [2.45, 2.75) is 26.2 Å². The van der Waals surface area contributed by atoms with Crippen molar-refractivity contribution in [3.63, 3.8) is 0 Å². The van der Waals surface area contributed by atoms with E-state index in [4.69, 9.17) is 0 Å². The second-order valence-corrected chi connectivity index (χ2v) is 5.20. The van der Waals surface area contributed by atoms with Gasteiger partial charge in [-0.1, -0.05) is 20.8 Å². The standard InChI is InChI=1S/C9H15BN2OS/c1-9(2,3)6-4-5-7(14-6)11-8(13)12-10/h4-5H,10H2,1-3H3,(H2,11,12,13). The highest BCUT2D eigenvalue weighted by Crippen LogP contribution is 2.32. The summed E-state index contributed by atoms with van der Waals surface area (Å²) in [5.41, 5.74) is 0.146. The number of hydrogen-bond donors (Lipinski definition) is 2. The van der Waals surface area contributed by atoms with Gasteiger partial charge in [-0.2, -0.15) is 0 Å². The third-order valence-electron chi connectivity index (χ3n) is 1.81. The Bertz CT molecular complexity index is 330. The lowest BCUT2D eigenvalue weighted by Gasteiger charge is -2.15. The van der Waals surface area contributed by atoms with Crippen molar-refractivity contribution in [3.8, 4) is 0 Å². The summed E-state index contributed by atoms with van der Waals surface area (Å²) in [5.74, 6) is 0. The molecule has 0 aliphatic heterocycles. The lowest BCUT2D eigenvalue weighted by Crippen LogP contribution is -2.25. The smallest absolute Gasteiger partial charge is 0.307 e. The average Bonchev–Trinajstić information content (AvgIpc) is 2.51. The van der Waals surface area contributed by atoms with Crippen LogP contribution in [0.4, 0.5) is 9.80 Å². The Labute approximate surface area is 89.3 Å². The molecule has 5 heteroatoms. The molecule has 1 aromatic rings. The highest BCUT2D eigenvalue weighted by Gasteiger charge is 2.16. The van der Waals surface area contributed by atoms with Crippen LogP contribution < -0.4 is 10.5 Å². The number of nitrogens with one attached hydrogen (secondary N) is 2. The highest BCUT2D eigenvalue weighted by molar-refractivity contribution is 7.16. The molecular formula is C9H15BN2OS. The number of thiophene rings is 1. The molecule has 3 nitrogen and oxygen atoms in total. The molecule has 0 atom stereocenters. The van der Waals surface area contributed by atoms with E-state index in [0.717, 1.165) is 5.00 Å². The zero-order valence-corrected chi connectivity index (χ0v) is 9.79. The molecule has 0 saturated heterocycles. The molecule has 1 heterocycles. The number of anilines is 1. The molecule has 0 aliphatic carbocycles. The van der Waals surface area contributed by atoms with Gasteiger partial charge in [0.05, 0.1) is 5.00 Å². The Morgan fingerprint density at radius 2 is 2.07 bits per heavy atom. The van der Waals surface area contributed by atoms with E-state index in [2.05, 4.69) is 37.4 Å². The zero-order valence-electron chi connectivity index (χ0n) is 8.97. The molecule has 0 radical (unpaired) electrons. The molecule has 0 saturated carbocycles. The third kappa shape index (κ3) is 2.77. The first-order chi connectivity index (χ1) is 6.43. The number of carbonyl (C=O) groups is 1. The van der Waals surface area contributed by atoms with Crippen LogP contribution in [0.2, 0.25) is 0 Å². The van der Waals surface area contributed by atoms with Crippen LogP contribution in [0.5, 0.6) is 0 Å². The van der Waals surface area contributed by atoms with Crippen molar-refractivity contribution in [3.05, 3.63) is 17.0 Å². The van der Waals surface area contributed by atoms with E-state index < -0.39 is 0 Å². The van der Waals surface area contributed by atoms with Crippen molar-refractivity contribution < 1.29 is 4.79 Å². The van der Waals surface area contributed by atoms with Crippen molar-refractivity contribution in [2.75, 3.05) is 5.32 Å². The van der Waals surface area contributed by atoms with Gasteiger partial charge < -0.3 is 10.5 Å². The lowest BCUT2D eigenvalue weighted by atomic mass is 9.95. The number of amides is 2. The number of hydrogen-bond acceptors (Lipinski definition) is 2. The molecule has 2 amide bonds. The summed E-state index contributed by atoms with van der Waals surface area (Å²) in [6.45, 7) is 6.47. The van der Waals surface area contributed by atoms with E-state index in [-0.39, 0.29) is 11.4 Å². The van der Waals surface area contributed by atoms with Gasteiger partial charge in [-0.15, -0.1) is 11.3 Å². The van der Waals surface area contributed by atoms with Gasteiger partial charge in [-0.3, -0.25) is 0 Å². The maximum absolute atomic E-state index is 11.0. The maximum atomic E-state index is 11.0. The predicted octanol–water partition coefficient (Wildman–Crippen LogP) is 1.72. The molecule has 0 aliphatic rings. The first-order valence-electron chi connectivity index (χ1n) is 4.52. The number of carbonyl (C=O) groups excluding carboxylic acids is 1. The highest BCUT2D eigenvalue weighted by atomic mass is 32.1. The SMILES string of the molecule is BNC(=O)Nc1ccc(C(C)(C)C)s1. The van der Waals surface area contributed by atoms with Crippen LogP contribution in [0, 0.1) is 0 Å². The van der Waals surface area contributed by atoms with Gasteiger partial charge in [0.1, 0.15) is 0 Å². The summed E-state index contributed by atoms with van der Waals surface area (Å²) >= 11 is 1.61. The minimum atomic E-state index is -0.174. The van der Waals surface area contributed by atoms with Crippen molar-refractivity contribution in [1.82, 2.24) is 5.23 Å². The third-order valence-corrected chi connectivity index (χ3v) is 3.24. The zero-order chi connectivity index (χ0) is 10.8. The first kappa shape index (κ1) is 11.1. The van der Waals surface area contributed by atoms with Gasteiger partial charge in [0.25, 0.3) is 0 Å². The normalized spacial score (nSPS) is 11.1. The molecule has 76 valence electrons. The molecule has 0 unspecified atom stereocenters. The van der Waals surface area contributed by atoms with Crippen molar-refractivity contribution >= 4 is 30.4 Å². The molecule has 0 fully saturated rings. The Hall–Kier alpha value is -0.965. The summed E-state index contributed by atoms with van der Waals surface area (Å²) in [5, 5.41) is 6.15. The minimum Gasteiger partial charge on any atom is -0.388 e. The molecule has 14 heavy (non-hydrogen) atoms. The second kappa shape index (κ2) is 4.04. The van der Waals surface area contributed by atoms with E-state index in [9.17, 15) is 4.79 Å². The molecule has 1 aromatic heterocycles. The van der Waals surface area contributed by atoms with Gasteiger partial charge in [-0.05, 0) is 17.5 Å². The fraction of sp³-hybridized carbons (Fsp3) is 0.444. The van der Waals surface area contributed by atoms with Gasteiger partial charge in [0.2, 0.25) is 7.98 Å². The minimum absolute atomic E-state index is 0.146. The Morgan fingerprint density at radius 3 is 2.50 bits per heavy atom. The van der Waals surface area contributed by atoms with Gasteiger partial charge in [0, 0.05) is 4.88 Å². The van der Waals surface area contributed by atoms with Crippen LogP contribution in [0.15, 0.2) is 12.1 Å². The monoisotopic (exact) mass is 210 g/mol. The number of urea groups is 1. The first-order valence-corrected chi connectivity index (χ1v) is 5.34. The van der Waals surface area contributed by atoms with Crippen LogP contribution >= 0.6 is 11.3 Å². The largest absolute Gasteiger partial charge is 0.388 e. The predicted molar refractivity (Wildman–Crippen MR) is 63.7 cm³/mol. The molecular weight excluding hydrogens is 195 g/mol. The van der Waals surface area contributed by atoms with E-state index in [0.29, 0.717) is 0 Å². The van der Waals surface area contributed by atoms with E-state index in [1.54, 1.807) is 19.3 Å². The lowest BCUT2D eigenvalue weighted by molar-refractivity contribution is 0.257. The van der Waals surface area contributed by atoms with Crippen LogP contribution in [0.1, 0.15) is 25.6 Å². The fourth-order valence-electron chi connectivity index (χ4n) is 0.983.